The summed E-state index contributed by atoms with van der Waals surface area (Å²) < 4.78 is 1.58. The Morgan fingerprint density at radius 2 is 1.75 bits per heavy atom. The van der Waals surface area contributed by atoms with Crippen molar-refractivity contribution in [3.05, 3.63) is 63.4 Å². The maximum absolute atomic E-state index is 12.7. The molecular formula is C20H20N2O2. The first-order valence-electron chi connectivity index (χ1n) is 7.81. The largest absolute Gasteiger partial charge is 0.507 e. The number of rotatable bonds is 2. The van der Waals surface area contributed by atoms with Crippen LogP contribution in [0.4, 0.5) is 0 Å². The minimum absolute atomic E-state index is 0.0628. The lowest BCUT2D eigenvalue weighted by Gasteiger charge is -2.18. The van der Waals surface area contributed by atoms with Crippen molar-refractivity contribution in [2.75, 3.05) is 0 Å². The van der Waals surface area contributed by atoms with Gasteiger partial charge in [-0.3, -0.25) is 4.79 Å². The second kappa shape index (κ2) is 5.64. The molecule has 0 atom stereocenters. The number of benzene rings is 2. The molecule has 4 heteroatoms. The Morgan fingerprint density at radius 1 is 1.12 bits per heavy atom. The Labute approximate surface area is 140 Å². The molecule has 2 N–H and O–H groups in total. The number of phenols is 1. The Kier molecular flexibility index (Phi) is 3.76. The third kappa shape index (κ3) is 2.22. The summed E-state index contributed by atoms with van der Waals surface area (Å²) in [6, 6.07) is 11.6. The lowest BCUT2D eigenvalue weighted by atomic mass is 9.92. The van der Waals surface area contributed by atoms with E-state index in [0.29, 0.717) is 27.9 Å². The van der Waals surface area contributed by atoms with Crippen LogP contribution in [0.1, 0.15) is 23.6 Å². The van der Waals surface area contributed by atoms with E-state index in [0.717, 1.165) is 16.5 Å². The number of aryl methyl sites for hydroxylation is 2. The van der Waals surface area contributed by atoms with Crippen LogP contribution in [0.15, 0.2) is 41.2 Å². The average Bonchev–Trinajstić information content (AvgIpc) is 2.56. The van der Waals surface area contributed by atoms with Gasteiger partial charge in [0.15, 0.2) is 0 Å². The number of hydrogen-bond acceptors (Lipinski definition) is 3. The van der Waals surface area contributed by atoms with Crippen LogP contribution in [0.3, 0.4) is 0 Å². The van der Waals surface area contributed by atoms with E-state index < -0.39 is 0 Å². The van der Waals surface area contributed by atoms with Crippen LogP contribution in [0.2, 0.25) is 0 Å². The van der Waals surface area contributed by atoms with Gasteiger partial charge < -0.3 is 15.1 Å². The average molecular weight is 320 g/mol. The van der Waals surface area contributed by atoms with Crippen molar-refractivity contribution in [3.8, 4) is 16.9 Å². The van der Waals surface area contributed by atoms with Gasteiger partial charge in [0.05, 0.1) is 5.52 Å². The highest BCUT2D eigenvalue weighted by Gasteiger charge is 2.19. The van der Waals surface area contributed by atoms with Gasteiger partial charge in [-0.2, -0.15) is 0 Å². The summed E-state index contributed by atoms with van der Waals surface area (Å²) in [4.78, 5) is 12.7. The van der Waals surface area contributed by atoms with Crippen LogP contribution in [0, 0.1) is 19.3 Å². The Balaban J connectivity index is 2.61. The summed E-state index contributed by atoms with van der Waals surface area (Å²) in [7, 11) is 1.72. The first-order valence-corrected chi connectivity index (χ1v) is 7.81. The molecule has 1 aromatic heterocycles. The van der Waals surface area contributed by atoms with Crippen LogP contribution in [0.25, 0.3) is 22.0 Å². The molecule has 0 fully saturated rings. The van der Waals surface area contributed by atoms with Gasteiger partial charge in [0, 0.05) is 34.8 Å². The van der Waals surface area contributed by atoms with Crippen LogP contribution >= 0.6 is 0 Å². The first kappa shape index (κ1) is 16.0. The predicted octanol–water partition coefficient (Wildman–Crippen LogP) is 3.92. The quantitative estimate of drug-likeness (QED) is 0.703. The summed E-state index contributed by atoms with van der Waals surface area (Å²) in [6.45, 7) is 5.26. The third-order valence-corrected chi connectivity index (χ3v) is 4.58. The molecule has 0 unspecified atom stereocenters. The molecule has 3 aromatic rings. The summed E-state index contributed by atoms with van der Waals surface area (Å²) in [5, 5.41) is 19.3. The second-order valence-electron chi connectivity index (χ2n) is 6.15. The number of phenolic OH excluding ortho intramolecular Hbond substituents is 1. The van der Waals surface area contributed by atoms with Gasteiger partial charge in [-0.1, -0.05) is 30.3 Å². The fraction of sp³-hybridized carbons (Fsp3) is 0.200. The summed E-state index contributed by atoms with van der Waals surface area (Å²) in [6.07, 6.45) is 0. The molecule has 3 rings (SSSR count). The standard InChI is InChI=1S/C20H20N2O2/c1-11-17(14-8-6-5-7-9-14)16-10-15(13(3)21)19(23)12(2)18(16)22(4)20(11)24/h5-10,21,23H,1-4H3. The molecule has 0 spiro atoms. The highest BCUT2D eigenvalue weighted by molar-refractivity contribution is 6.07. The van der Waals surface area contributed by atoms with E-state index in [1.807, 2.05) is 43.3 Å². The smallest absolute Gasteiger partial charge is 0.254 e. The van der Waals surface area contributed by atoms with E-state index in [-0.39, 0.29) is 11.3 Å². The number of pyridine rings is 1. The zero-order valence-corrected chi connectivity index (χ0v) is 14.3. The van der Waals surface area contributed by atoms with Crippen molar-refractivity contribution >= 4 is 16.6 Å². The molecule has 0 amide bonds. The lowest BCUT2D eigenvalue weighted by Crippen LogP contribution is -2.21. The first-order chi connectivity index (χ1) is 11.3. The minimum atomic E-state index is -0.0804. The van der Waals surface area contributed by atoms with Crippen molar-refractivity contribution in [2.24, 2.45) is 7.05 Å². The summed E-state index contributed by atoms with van der Waals surface area (Å²) in [5.74, 6) is 0.0628. The zero-order valence-electron chi connectivity index (χ0n) is 14.3. The maximum atomic E-state index is 12.7. The highest BCUT2D eigenvalue weighted by Crippen LogP contribution is 2.36. The zero-order chi connectivity index (χ0) is 17.6. The van der Waals surface area contributed by atoms with Crippen molar-refractivity contribution in [1.29, 1.82) is 5.41 Å². The molecule has 0 aliphatic heterocycles. The van der Waals surface area contributed by atoms with E-state index in [9.17, 15) is 9.90 Å². The molecule has 0 aliphatic rings. The molecule has 4 nitrogen and oxygen atoms in total. The molecule has 1 heterocycles. The summed E-state index contributed by atoms with van der Waals surface area (Å²) >= 11 is 0. The Hall–Kier alpha value is -2.88. The predicted molar refractivity (Wildman–Crippen MR) is 98.3 cm³/mol. The topological polar surface area (TPSA) is 66.1 Å². The fourth-order valence-corrected chi connectivity index (χ4v) is 3.34. The molecule has 0 bridgehead atoms. The van der Waals surface area contributed by atoms with E-state index >= 15 is 0 Å². The molecule has 0 radical (unpaired) electrons. The fourth-order valence-electron chi connectivity index (χ4n) is 3.34. The monoisotopic (exact) mass is 320 g/mol. The Bertz CT molecular complexity index is 1030. The molecule has 0 aliphatic carbocycles. The van der Waals surface area contributed by atoms with Crippen LogP contribution < -0.4 is 5.56 Å². The maximum Gasteiger partial charge on any atom is 0.254 e. The molecule has 0 saturated heterocycles. The van der Waals surface area contributed by atoms with E-state index in [1.54, 1.807) is 25.5 Å². The van der Waals surface area contributed by atoms with Crippen LogP contribution in [-0.4, -0.2) is 15.4 Å². The summed E-state index contributed by atoms with van der Waals surface area (Å²) in [5.41, 5.74) is 4.50. The van der Waals surface area contributed by atoms with Gasteiger partial charge >= 0.3 is 0 Å². The van der Waals surface area contributed by atoms with Crippen LogP contribution in [-0.2, 0) is 7.05 Å². The van der Waals surface area contributed by atoms with Gasteiger partial charge in [0.25, 0.3) is 5.56 Å². The van der Waals surface area contributed by atoms with E-state index in [4.69, 9.17) is 5.41 Å². The SMILES string of the molecule is CC(=N)c1cc2c(-c3ccccc3)c(C)c(=O)n(C)c2c(C)c1O. The van der Waals surface area contributed by atoms with E-state index in [1.165, 1.54) is 0 Å². The van der Waals surface area contributed by atoms with Gasteiger partial charge in [0.1, 0.15) is 5.75 Å². The number of aromatic hydroxyl groups is 1. The van der Waals surface area contributed by atoms with Gasteiger partial charge in [0.2, 0.25) is 0 Å². The van der Waals surface area contributed by atoms with Crippen molar-refractivity contribution in [2.45, 2.75) is 20.8 Å². The van der Waals surface area contributed by atoms with E-state index in [2.05, 4.69) is 0 Å². The number of nitrogens with zero attached hydrogens (tertiary/aromatic N) is 1. The van der Waals surface area contributed by atoms with Crippen molar-refractivity contribution in [3.63, 3.8) is 0 Å². The minimum Gasteiger partial charge on any atom is -0.507 e. The number of fused-ring (bicyclic) bond motifs is 1. The third-order valence-electron chi connectivity index (χ3n) is 4.58. The van der Waals surface area contributed by atoms with Gasteiger partial charge in [-0.25, -0.2) is 0 Å². The number of aromatic nitrogens is 1. The molecule has 2 aromatic carbocycles. The van der Waals surface area contributed by atoms with Crippen molar-refractivity contribution in [1.82, 2.24) is 4.57 Å². The number of nitrogens with one attached hydrogen (secondary N) is 1. The van der Waals surface area contributed by atoms with Crippen LogP contribution in [0.5, 0.6) is 5.75 Å². The normalized spacial score (nSPS) is 11.0. The van der Waals surface area contributed by atoms with Gasteiger partial charge in [-0.15, -0.1) is 0 Å². The number of hydrogen-bond donors (Lipinski definition) is 2. The second-order valence-corrected chi connectivity index (χ2v) is 6.15. The highest BCUT2D eigenvalue weighted by atomic mass is 16.3. The lowest BCUT2D eigenvalue weighted by molar-refractivity contribution is 0.470. The molecule has 0 saturated carbocycles. The molecule has 24 heavy (non-hydrogen) atoms. The molecule has 122 valence electrons. The van der Waals surface area contributed by atoms with Gasteiger partial charge in [-0.05, 0) is 38.0 Å². The Morgan fingerprint density at radius 3 is 2.33 bits per heavy atom. The van der Waals surface area contributed by atoms with Crippen molar-refractivity contribution < 1.29 is 5.11 Å². The molecular weight excluding hydrogens is 300 g/mol.